The molecule has 3 aromatic rings. The summed E-state index contributed by atoms with van der Waals surface area (Å²) >= 11 is 0. The van der Waals surface area contributed by atoms with Gasteiger partial charge in [-0.15, -0.1) is 6.42 Å². The van der Waals surface area contributed by atoms with E-state index in [2.05, 4.69) is 26.0 Å². The van der Waals surface area contributed by atoms with Gasteiger partial charge in [0.15, 0.2) is 5.82 Å². The van der Waals surface area contributed by atoms with Crippen LogP contribution in [-0.2, 0) is 10.0 Å². The summed E-state index contributed by atoms with van der Waals surface area (Å²) in [5.74, 6) is 2.34. The first-order valence-corrected chi connectivity index (χ1v) is 9.28. The Morgan fingerprint density at radius 3 is 2.74 bits per heavy atom. The number of terminal acetylenes is 1. The van der Waals surface area contributed by atoms with Crippen LogP contribution in [0, 0.1) is 12.3 Å². The molecule has 0 unspecified atom stereocenters. The van der Waals surface area contributed by atoms with Gasteiger partial charge in [0.2, 0.25) is 10.0 Å². The molecule has 2 N–H and O–H groups in total. The number of carbonyl (C=O) groups is 1. The number of benzene rings is 1. The van der Waals surface area contributed by atoms with Gasteiger partial charge in [-0.2, -0.15) is 9.82 Å². The van der Waals surface area contributed by atoms with E-state index in [1.807, 2.05) is 0 Å². The molecule has 0 radical (unpaired) electrons. The number of anilines is 1. The van der Waals surface area contributed by atoms with Gasteiger partial charge >= 0.3 is 0 Å². The molecule has 0 aliphatic heterocycles. The van der Waals surface area contributed by atoms with Crippen LogP contribution in [0.4, 0.5) is 5.69 Å². The molecule has 2 heterocycles. The fraction of sp³-hybridized carbons (Fsp3) is 0.0556. The topological polar surface area (TPSA) is 106 Å². The minimum atomic E-state index is -3.78. The van der Waals surface area contributed by atoms with Gasteiger partial charge in [0.05, 0.1) is 23.3 Å². The molecule has 1 aromatic carbocycles. The first-order valence-electron chi connectivity index (χ1n) is 7.80. The van der Waals surface area contributed by atoms with Crippen LogP contribution >= 0.6 is 0 Å². The average molecular weight is 381 g/mol. The molecule has 2 aromatic heterocycles. The monoisotopic (exact) mass is 381 g/mol. The molecule has 136 valence electrons. The van der Waals surface area contributed by atoms with Crippen LogP contribution in [0.15, 0.2) is 66.0 Å². The number of rotatable bonds is 6. The minimum absolute atomic E-state index is 0.0439. The van der Waals surface area contributed by atoms with E-state index in [0.717, 1.165) is 0 Å². The van der Waals surface area contributed by atoms with Gasteiger partial charge in [0.25, 0.3) is 5.91 Å². The highest BCUT2D eigenvalue weighted by Crippen LogP contribution is 2.14. The van der Waals surface area contributed by atoms with E-state index >= 15 is 0 Å². The average Bonchev–Trinajstić information content (AvgIpc) is 3.22. The highest BCUT2D eigenvalue weighted by atomic mass is 32.2. The molecule has 3 rings (SSSR count). The van der Waals surface area contributed by atoms with Gasteiger partial charge in [-0.05, 0) is 36.4 Å². The van der Waals surface area contributed by atoms with Crippen molar-refractivity contribution in [3.05, 3.63) is 66.6 Å². The lowest BCUT2D eigenvalue weighted by atomic mass is 10.2. The molecule has 1 amide bonds. The Morgan fingerprint density at radius 2 is 2.07 bits per heavy atom. The van der Waals surface area contributed by atoms with Crippen LogP contribution in [-0.4, -0.2) is 35.6 Å². The van der Waals surface area contributed by atoms with Gasteiger partial charge in [0.1, 0.15) is 0 Å². The van der Waals surface area contributed by atoms with Crippen LogP contribution in [0.25, 0.3) is 5.82 Å². The molecular formula is C18H15N5O3S. The third kappa shape index (κ3) is 4.38. The quantitative estimate of drug-likeness (QED) is 0.629. The molecule has 27 heavy (non-hydrogen) atoms. The highest BCUT2D eigenvalue weighted by molar-refractivity contribution is 7.89. The number of nitrogens with zero attached hydrogens (tertiary/aromatic N) is 3. The zero-order valence-corrected chi connectivity index (χ0v) is 14.8. The van der Waals surface area contributed by atoms with E-state index in [1.54, 1.807) is 35.3 Å². The Balaban J connectivity index is 1.75. The van der Waals surface area contributed by atoms with Crippen molar-refractivity contribution in [2.24, 2.45) is 0 Å². The lowest BCUT2D eigenvalue weighted by Crippen LogP contribution is -2.24. The van der Waals surface area contributed by atoms with E-state index in [-0.39, 0.29) is 17.0 Å². The van der Waals surface area contributed by atoms with Crippen molar-refractivity contribution in [2.75, 3.05) is 11.9 Å². The molecule has 0 atom stereocenters. The molecule has 0 fully saturated rings. The summed E-state index contributed by atoms with van der Waals surface area (Å²) in [6.07, 6.45) is 9.94. The largest absolute Gasteiger partial charge is 0.321 e. The standard InChI is InChI=1S/C18H15N5O3S/c1-2-9-21-27(25,26)16-6-3-5-14(12-16)18(24)22-15-7-8-17(19-13-15)23-11-4-10-20-23/h1,3-8,10-13,21H,9H2,(H,22,24). The smallest absolute Gasteiger partial charge is 0.255 e. The summed E-state index contributed by atoms with van der Waals surface area (Å²) in [6.45, 7) is -0.132. The molecule has 9 heteroatoms. The summed E-state index contributed by atoms with van der Waals surface area (Å²) in [4.78, 5) is 16.6. The van der Waals surface area contributed by atoms with E-state index < -0.39 is 15.9 Å². The van der Waals surface area contributed by atoms with Crippen LogP contribution < -0.4 is 10.0 Å². The fourth-order valence-corrected chi connectivity index (χ4v) is 3.21. The number of aromatic nitrogens is 3. The van der Waals surface area contributed by atoms with Gasteiger partial charge in [-0.1, -0.05) is 12.0 Å². The van der Waals surface area contributed by atoms with Crippen LogP contribution in [0.5, 0.6) is 0 Å². The highest BCUT2D eigenvalue weighted by Gasteiger charge is 2.15. The van der Waals surface area contributed by atoms with Crippen molar-refractivity contribution < 1.29 is 13.2 Å². The predicted octanol–water partition coefficient (Wildman–Crippen LogP) is 1.43. The van der Waals surface area contributed by atoms with Crippen LogP contribution in [0.3, 0.4) is 0 Å². The maximum Gasteiger partial charge on any atom is 0.255 e. The van der Waals surface area contributed by atoms with Gasteiger partial charge in [-0.3, -0.25) is 4.79 Å². The molecular weight excluding hydrogens is 366 g/mol. The Morgan fingerprint density at radius 1 is 1.22 bits per heavy atom. The molecule has 0 aliphatic carbocycles. The molecule has 0 saturated carbocycles. The normalized spacial score (nSPS) is 10.9. The molecule has 8 nitrogen and oxygen atoms in total. The van der Waals surface area contributed by atoms with Crippen molar-refractivity contribution >= 4 is 21.6 Å². The molecule has 0 aliphatic rings. The summed E-state index contributed by atoms with van der Waals surface area (Å²) in [5, 5.41) is 6.74. The Hall–Kier alpha value is -3.48. The van der Waals surface area contributed by atoms with Crippen molar-refractivity contribution in [1.82, 2.24) is 19.5 Å². The number of pyridine rings is 1. The summed E-state index contributed by atoms with van der Waals surface area (Å²) < 4.78 is 28.1. The van der Waals surface area contributed by atoms with E-state index in [1.165, 1.54) is 30.5 Å². The Bertz CT molecular complexity index is 1080. The van der Waals surface area contributed by atoms with Gasteiger partial charge < -0.3 is 5.32 Å². The number of sulfonamides is 1. The summed E-state index contributed by atoms with van der Waals surface area (Å²) in [5.41, 5.74) is 0.657. The molecule has 0 saturated heterocycles. The summed E-state index contributed by atoms with van der Waals surface area (Å²) in [6, 6.07) is 10.8. The van der Waals surface area contributed by atoms with Crippen molar-refractivity contribution in [2.45, 2.75) is 4.90 Å². The number of hydrogen-bond acceptors (Lipinski definition) is 5. The van der Waals surface area contributed by atoms with Gasteiger partial charge in [0, 0.05) is 18.0 Å². The zero-order chi connectivity index (χ0) is 19.3. The molecule has 0 spiro atoms. The van der Waals surface area contributed by atoms with E-state index in [9.17, 15) is 13.2 Å². The van der Waals surface area contributed by atoms with E-state index in [0.29, 0.717) is 11.5 Å². The number of carbonyl (C=O) groups excluding carboxylic acids is 1. The van der Waals surface area contributed by atoms with Crippen LogP contribution in [0.1, 0.15) is 10.4 Å². The second kappa shape index (κ2) is 7.82. The predicted molar refractivity (Wildman–Crippen MR) is 99.8 cm³/mol. The summed E-state index contributed by atoms with van der Waals surface area (Å²) in [7, 11) is -3.78. The number of nitrogens with one attached hydrogen (secondary N) is 2. The van der Waals surface area contributed by atoms with Gasteiger partial charge in [-0.25, -0.2) is 18.1 Å². The van der Waals surface area contributed by atoms with Crippen molar-refractivity contribution in [3.63, 3.8) is 0 Å². The van der Waals surface area contributed by atoms with Crippen molar-refractivity contribution in [3.8, 4) is 18.2 Å². The minimum Gasteiger partial charge on any atom is -0.321 e. The third-order valence-corrected chi connectivity index (χ3v) is 4.91. The lowest BCUT2D eigenvalue weighted by Gasteiger charge is -2.08. The lowest BCUT2D eigenvalue weighted by molar-refractivity contribution is 0.102. The second-order valence-corrected chi connectivity index (χ2v) is 7.13. The van der Waals surface area contributed by atoms with Crippen molar-refractivity contribution in [1.29, 1.82) is 0 Å². The third-order valence-electron chi connectivity index (χ3n) is 3.52. The number of amides is 1. The first kappa shape index (κ1) is 18.3. The fourth-order valence-electron chi connectivity index (χ4n) is 2.23. The van der Waals surface area contributed by atoms with Crippen LogP contribution in [0.2, 0.25) is 0 Å². The Kier molecular flexibility index (Phi) is 5.30. The van der Waals surface area contributed by atoms with E-state index in [4.69, 9.17) is 6.42 Å². The zero-order valence-electron chi connectivity index (χ0n) is 14.0. The number of hydrogen-bond donors (Lipinski definition) is 2. The maximum absolute atomic E-state index is 12.4. The SMILES string of the molecule is C#CCNS(=O)(=O)c1cccc(C(=O)Nc2ccc(-n3cccn3)nc2)c1. The maximum atomic E-state index is 12.4. The second-order valence-electron chi connectivity index (χ2n) is 5.37. The Labute approximate surface area is 156 Å². The first-order chi connectivity index (χ1) is 13.0. The molecule has 0 bridgehead atoms.